The summed E-state index contributed by atoms with van der Waals surface area (Å²) in [5.41, 5.74) is 0.818. The summed E-state index contributed by atoms with van der Waals surface area (Å²) in [6.07, 6.45) is 0. The fourth-order valence-corrected chi connectivity index (χ4v) is 5.10. The van der Waals surface area contributed by atoms with Gasteiger partial charge >= 0.3 is 0 Å². The fraction of sp³-hybridized carbons (Fsp3) is 0.250. The number of carbonyl (C=O) groups is 1. The molecule has 3 aromatic rings. The third-order valence-electron chi connectivity index (χ3n) is 3.96. The zero-order valence-electron chi connectivity index (χ0n) is 12.5. The lowest BCUT2D eigenvalue weighted by Gasteiger charge is -2.34. The van der Waals surface area contributed by atoms with Crippen molar-refractivity contribution in [3.63, 3.8) is 0 Å². The van der Waals surface area contributed by atoms with Crippen molar-refractivity contribution in [3.8, 4) is 0 Å². The molecule has 0 saturated carbocycles. The van der Waals surface area contributed by atoms with Gasteiger partial charge in [-0.05, 0) is 46.3 Å². The first kappa shape index (κ1) is 16.0. The van der Waals surface area contributed by atoms with E-state index >= 15 is 0 Å². The van der Waals surface area contributed by atoms with Gasteiger partial charge in [0.1, 0.15) is 5.82 Å². The topological polar surface area (TPSA) is 36.4 Å². The molecule has 0 bridgehead atoms. The summed E-state index contributed by atoms with van der Waals surface area (Å²) < 4.78 is 15.1. The Morgan fingerprint density at radius 1 is 1.12 bits per heavy atom. The molecule has 124 valence electrons. The second-order valence-electron chi connectivity index (χ2n) is 5.49. The van der Waals surface area contributed by atoms with E-state index in [-0.39, 0.29) is 11.7 Å². The molecule has 0 unspecified atom stereocenters. The molecule has 1 amide bonds. The monoisotopic (exact) mass is 425 g/mol. The van der Waals surface area contributed by atoms with Gasteiger partial charge in [-0.1, -0.05) is 11.3 Å². The van der Waals surface area contributed by atoms with Crippen molar-refractivity contribution in [2.45, 2.75) is 0 Å². The lowest BCUT2D eigenvalue weighted by Crippen LogP contribution is -2.48. The molecule has 1 aromatic carbocycles. The van der Waals surface area contributed by atoms with Crippen LogP contribution in [0.3, 0.4) is 0 Å². The molecular weight excluding hydrogens is 413 g/mol. The van der Waals surface area contributed by atoms with Crippen molar-refractivity contribution in [3.05, 3.63) is 44.8 Å². The highest BCUT2D eigenvalue weighted by molar-refractivity contribution is 9.11. The normalized spacial score (nSPS) is 15.2. The van der Waals surface area contributed by atoms with Gasteiger partial charge in [0.05, 0.1) is 18.9 Å². The van der Waals surface area contributed by atoms with Crippen LogP contribution in [-0.4, -0.2) is 42.0 Å². The van der Waals surface area contributed by atoms with Gasteiger partial charge in [0.2, 0.25) is 0 Å². The maximum Gasteiger partial charge on any atom is 0.264 e. The zero-order valence-corrected chi connectivity index (χ0v) is 15.8. The second-order valence-corrected chi connectivity index (χ2v) is 8.96. The van der Waals surface area contributed by atoms with Gasteiger partial charge in [-0.25, -0.2) is 9.37 Å². The van der Waals surface area contributed by atoms with Crippen LogP contribution in [0.2, 0.25) is 0 Å². The number of anilines is 1. The summed E-state index contributed by atoms with van der Waals surface area (Å²) in [4.78, 5) is 21.9. The lowest BCUT2D eigenvalue weighted by molar-refractivity contribution is 0.0751. The highest BCUT2D eigenvalue weighted by Gasteiger charge is 2.24. The number of piperazine rings is 1. The van der Waals surface area contributed by atoms with Crippen LogP contribution in [0.25, 0.3) is 10.2 Å². The fourth-order valence-electron chi connectivity index (χ4n) is 2.71. The van der Waals surface area contributed by atoms with E-state index in [1.54, 1.807) is 6.07 Å². The van der Waals surface area contributed by atoms with Crippen LogP contribution >= 0.6 is 38.6 Å². The van der Waals surface area contributed by atoms with Crippen molar-refractivity contribution < 1.29 is 9.18 Å². The molecule has 1 aliphatic rings. The molecule has 4 rings (SSSR count). The van der Waals surface area contributed by atoms with E-state index in [1.165, 1.54) is 34.8 Å². The molecular formula is C16H13BrFN3OS2. The van der Waals surface area contributed by atoms with E-state index < -0.39 is 0 Å². The highest BCUT2D eigenvalue weighted by Crippen LogP contribution is 2.30. The number of halogens is 2. The highest BCUT2D eigenvalue weighted by atomic mass is 79.9. The van der Waals surface area contributed by atoms with Crippen LogP contribution in [0.15, 0.2) is 34.1 Å². The molecule has 1 fully saturated rings. The van der Waals surface area contributed by atoms with E-state index in [1.807, 2.05) is 17.0 Å². The van der Waals surface area contributed by atoms with Crippen LogP contribution < -0.4 is 4.90 Å². The largest absolute Gasteiger partial charge is 0.345 e. The molecule has 0 spiro atoms. The van der Waals surface area contributed by atoms with E-state index in [2.05, 4.69) is 25.8 Å². The van der Waals surface area contributed by atoms with Gasteiger partial charge < -0.3 is 9.80 Å². The standard InChI is InChI=1S/C16H13BrFN3OS2/c17-14-4-3-12(23-14)15(22)20-5-7-21(8-6-20)16-19-11-2-1-10(18)9-13(11)24-16/h1-4,9H,5-8H2. The number of carbonyl (C=O) groups excluding carboxylic acids is 1. The van der Waals surface area contributed by atoms with Gasteiger partial charge in [0, 0.05) is 26.2 Å². The number of amides is 1. The SMILES string of the molecule is O=C(c1ccc(Br)s1)N1CCN(c2nc3ccc(F)cc3s2)CC1. The smallest absolute Gasteiger partial charge is 0.264 e. The number of fused-ring (bicyclic) bond motifs is 1. The van der Waals surface area contributed by atoms with Gasteiger partial charge in [-0.3, -0.25) is 4.79 Å². The van der Waals surface area contributed by atoms with Crippen molar-refractivity contribution in [1.29, 1.82) is 0 Å². The predicted molar refractivity (Wildman–Crippen MR) is 99.7 cm³/mol. The van der Waals surface area contributed by atoms with Crippen LogP contribution in [0.5, 0.6) is 0 Å². The quantitative estimate of drug-likeness (QED) is 0.616. The summed E-state index contributed by atoms with van der Waals surface area (Å²) in [5.74, 6) is -0.160. The van der Waals surface area contributed by atoms with Crippen LogP contribution in [0.4, 0.5) is 9.52 Å². The molecule has 24 heavy (non-hydrogen) atoms. The molecule has 0 N–H and O–H groups in total. The van der Waals surface area contributed by atoms with Crippen LogP contribution in [-0.2, 0) is 0 Å². The predicted octanol–water partition coefficient (Wildman–Crippen LogP) is 4.22. The zero-order chi connectivity index (χ0) is 16.7. The van der Waals surface area contributed by atoms with Gasteiger partial charge in [-0.15, -0.1) is 11.3 Å². The Hall–Kier alpha value is -1.51. The summed E-state index contributed by atoms with van der Waals surface area (Å²) in [5, 5.41) is 0.890. The first-order valence-corrected chi connectivity index (χ1v) is 9.88. The molecule has 2 aromatic heterocycles. The third kappa shape index (κ3) is 3.05. The average Bonchev–Trinajstić information content (AvgIpc) is 3.20. The number of thiophene rings is 1. The summed E-state index contributed by atoms with van der Waals surface area (Å²) in [6, 6.07) is 8.41. The Balaban J connectivity index is 1.46. The minimum Gasteiger partial charge on any atom is -0.345 e. The Labute approximate surface area is 154 Å². The summed E-state index contributed by atoms with van der Waals surface area (Å²) in [6.45, 7) is 2.80. The van der Waals surface area contributed by atoms with E-state index in [4.69, 9.17) is 0 Å². The number of nitrogens with zero attached hydrogens (tertiary/aromatic N) is 3. The van der Waals surface area contributed by atoms with Crippen molar-refractivity contribution >= 4 is 59.9 Å². The molecule has 4 nitrogen and oxygen atoms in total. The molecule has 3 heterocycles. The number of aromatic nitrogens is 1. The minimum absolute atomic E-state index is 0.0803. The molecule has 0 aliphatic carbocycles. The third-order valence-corrected chi connectivity index (χ3v) is 6.65. The maximum atomic E-state index is 13.3. The number of hydrogen-bond acceptors (Lipinski definition) is 5. The Morgan fingerprint density at radius 2 is 1.92 bits per heavy atom. The molecule has 0 radical (unpaired) electrons. The lowest BCUT2D eigenvalue weighted by atomic mass is 10.3. The first-order chi connectivity index (χ1) is 11.6. The van der Waals surface area contributed by atoms with Gasteiger partial charge in [0.15, 0.2) is 5.13 Å². The molecule has 1 saturated heterocycles. The Morgan fingerprint density at radius 3 is 2.62 bits per heavy atom. The van der Waals surface area contributed by atoms with Crippen molar-refractivity contribution in [2.24, 2.45) is 0 Å². The molecule has 1 aliphatic heterocycles. The van der Waals surface area contributed by atoms with Gasteiger partial charge in [0.25, 0.3) is 5.91 Å². The Bertz CT molecular complexity index is 902. The van der Waals surface area contributed by atoms with E-state index in [0.717, 1.165) is 37.1 Å². The maximum absolute atomic E-state index is 13.3. The minimum atomic E-state index is -0.241. The van der Waals surface area contributed by atoms with E-state index in [9.17, 15) is 9.18 Å². The number of hydrogen-bond donors (Lipinski definition) is 0. The second kappa shape index (κ2) is 6.42. The number of rotatable bonds is 2. The summed E-state index contributed by atoms with van der Waals surface area (Å²) >= 11 is 6.34. The van der Waals surface area contributed by atoms with E-state index in [0.29, 0.717) is 13.1 Å². The first-order valence-electron chi connectivity index (χ1n) is 7.46. The molecule has 8 heteroatoms. The Kier molecular flexibility index (Phi) is 4.28. The summed E-state index contributed by atoms with van der Waals surface area (Å²) in [7, 11) is 0. The van der Waals surface area contributed by atoms with Crippen LogP contribution in [0.1, 0.15) is 9.67 Å². The number of benzene rings is 1. The van der Waals surface area contributed by atoms with Gasteiger partial charge in [-0.2, -0.15) is 0 Å². The molecule has 0 atom stereocenters. The number of thiazole rings is 1. The van der Waals surface area contributed by atoms with Crippen LogP contribution in [0, 0.1) is 5.82 Å². The van der Waals surface area contributed by atoms with Crippen molar-refractivity contribution in [1.82, 2.24) is 9.88 Å². The van der Waals surface area contributed by atoms with Crippen molar-refractivity contribution in [2.75, 3.05) is 31.1 Å². The average molecular weight is 426 g/mol.